The maximum atomic E-state index is 12.5. The second-order valence-corrected chi connectivity index (χ2v) is 7.44. The molecule has 1 aliphatic rings. The normalized spacial score (nSPS) is 15.7. The Labute approximate surface area is 163 Å². The van der Waals surface area contributed by atoms with Crippen molar-refractivity contribution >= 4 is 29.4 Å². The maximum absolute atomic E-state index is 12.5. The number of aldehydes is 1. The molecule has 3 rings (SSSR count). The van der Waals surface area contributed by atoms with E-state index in [9.17, 15) is 14.4 Å². The Morgan fingerprint density at radius 1 is 1.18 bits per heavy atom. The molecule has 2 aromatic rings. The first-order valence-electron chi connectivity index (χ1n) is 9.01. The average Bonchev–Trinajstić information content (AvgIpc) is 2.69. The van der Waals surface area contributed by atoms with Crippen LogP contribution in [-0.2, 0) is 24.6 Å². The number of anilines is 1. The lowest BCUT2D eigenvalue weighted by Gasteiger charge is -2.24. The van der Waals surface area contributed by atoms with Gasteiger partial charge in [-0.2, -0.15) is 0 Å². The SMILES string of the molecule is CC1=NOC(C=O)c2ccc(NC(=O)C(=O)CC(C)(C)c3ccccc3)cc21. The summed E-state index contributed by atoms with van der Waals surface area (Å²) < 4.78 is 0. The van der Waals surface area contributed by atoms with Gasteiger partial charge >= 0.3 is 0 Å². The molecule has 0 aromatic heterocycles. The van der Waals surface area contributed by atoms with Crippen molar-refractivity contribution in [3.8, 4) is 0 Å². The number of nitrogens with one attached hydrogen (secondary N) is 1. The van der Waals surface area contributed by atoms with E-state index in [4.69, 9.17) is 4.84 Å². The quantitative estimate of drug-likeness (QED) is 0.615. The number of Topliss-reactive ketones (excluding diaryl/α,β-unsaturated/α-hetero) is 1. The predicted molar refractivity (Wildman–Crippen MR) is 106 cm³/mol. The van der Waals surface area contributed by atoms with Crippen molar-refractivity contribution in [3.05, 3.63) is 65.2 Å². The molecule has 0 saturated heterocycles. The van der Waals surface area contributed by atoms with E-state index in [0.29, 0.717) is 28.8 Å². The van der Waals surface area contributed by atoms with Gasteiger partial charge in [-0.3, -0.25) is 14.4 Å². The first-order valence-corrected chi connectivity index (χ1v) is 9.01. The molecule has 0 saturated carbocycles. The van der Waals surface area contributed by atoms with Crippen LogP contribution in [0.4, 0.5) is 5.69 Å². The van der Waals surface area contributed by atoms with E-state index in [-0.39, 0.29) is 6.42 Å². The third-order valence-electron chi connectivity index (χ3n) is 4.85. The maximum Gasteiger partial charge on any atom is 0.291 e. The van der Waals surface area contributed by atoms with Gasteiger partial charge in [0.15, 0.2) is 6.29 Å². The van der Waals surface area contributed by atoms with Crippen molar-refractivity contribution in [2.24, 2.45) is 5.16 Å². The standard InChI is InChI=1S/C22H22N2O4/c1-14-18-11-16(9-10-17(18)20(13-25)28-24-14)23-21(27)19(26)12-22(2,3)15-7-5-4-6-8-15/h4-11,13,20H,12H2,1-3H3,(H,23,27). The largest absolute Gasteiger partial charge is 0.380 e. The van der Waals surface area contributed by atoms with Gasteiger partial charge in [0.2, 0.25) is 11.9 Å². The molecule has 2 aromatic carbocycles. The van der Waals surface area contributed by atoms with Crippen LogP contribution < -0.4 is 5.32 Å². The third-order valence-corrected chi connectivity index (χ3v) is 4.85. The number of benzene rings is 2. The van der Waals surface area contributed by atoms with Gasteiger partial charge in [0.05, 0.1) is 5.71 Å². The van der Waals surface area contributed by atoms with Gasteiger partial charge in [-0.25, -0.2) is 0 Å². The average molecular weight is 378 g/mol. The van der Waals surface area contributed by atoms with Crippen molar-refractivity contribution in [3.63, 3.8) is 0 Å². The zero-order chi connectivity index (χ0) is 20.3. The van der Waals surface area contributed by atoms with E-state index in [0.717, 1.165) is 5.56 Å². The summed E-state index contributed by atoms with van der Waals surface area (Å²) in [5.74, 6) is -1.16. The number of fused-ring (bicyclic) bond motifs is 1. The van der Waals surface area contributed by atoms with Crippen LogP contribution in [0.1, 0.15) is 50.0 Å². The Hall–Kier alpha value is -3.28. The van der Waals surface area contributed by atoms with Gasteiger partial charge in [0.1, 0.15) is 0 Å². The van der Waals surface area contributed by atoms with Gasteiger partial charge in [-0.15, -0.1) is 0 Å². The summed E-state index contributed by atoms with van der Waals surface area (Å²) in [5, 5.41) is 6.51. The summed E-state index contributed by atoms with van der Waals surface area (Å²) >= 11 is 0. The molecule has 1 unspecified atom stereocenters. The van der Waals surface area contributed by atoms with Crippen LogP contribution in [-0.4, -0.2) is 23.7 Å². The predicted octanol–water partition coefficient (Wildman–Crippen LogP) is 3.56. The summed E-state index contributed by atoms with van der Waals surface area (Å²) in [7, 11) is 0. The van der Waals surface area contributed by atoms with Crippen LogP contribution in [0.5, 0.6) is 0 Å². The van der Waals surface area contributed by atoms with Gasteiger partial charge in [0, 0.05) is 23.2 Å². The lowest BCUT2D eigenvalue weighted by molar-refractivity contribution is -0.135. The van der Waals surface area contributed by atoms with E-state index in [1.54, 1.807) is 25.1 Å². The molecule has 0 spiro atoms. The van der Waals surface area contributed by atoms with Crippen LogP contribution in [0, 0.1) is 0 Å². The second-order valence-electron chi connectivity index (χ2n) is 7.44. The third kappa shape index (κ3) is 4.01. The Balaban J connectivity index is 1.73. The van der Waals surface area contributed by atoms with Crippen LogP contribution in [0.2, 0.25) is 0 Å². The number of carbonyl (C=O) groups excluding carboxylic acids is 3. The summed E-state index contributed by atoms with van der Waals surface area (Å²) in [6.45, 7) is 5.62. The molecular weight excluding hydrogens is 356 g/mol. The van der Waals surface area contributed by atoms with Crippen molar-refractivity contribution in [2.45, 2.75) is 38.7 Å². The molecule has 0 fully saturated rings. The zero-order valence-electron chi connectivity index (χ0n) is 16.1. The monoisotopic (exact) mass is 378 g/mol. The number of ketones is 1. The molecule has 0 aliphatic carbocycles. The molecule has 1 heterocycles. The molecule has 1 amide bonds. The molecule has 6 nitrogen and oxygen atoms in total. The minimum atomic E-state index is -0.767. The highest BCUT2D eigenvalue weighted by molar-refractivity contribution is 6.40. The Morgan fingerprint density at radius 2 is 1.89 bits per heavy atom. The molecule has 0 radical (unpaired) electrons. The molecule has 1 aliphatic heterocycles. The summed E-state index contributed by atoms with van der Waals surface area (Å²) in [6.07, 6.45) is -0.00544. The molecular formula is C22H22N2O4. The Kier molecular flexibility index (Phi) is 5.40. The highest BCUT2D eigenvalue weighted by atomic mass is 16.6. The highest BCUT2D eigenvalue weighted by Crippen LogP contribution is 2.29. The fourth-order valence-electron chi connectivity index (χ4n) is 3.21. The Morgan fingerprint density at radius 3 is 2.57 bits per heavy atom. The van der Waals surface area contributed by atoms with Crippen LogP contribution in [0.25, 0.3) is 0 Å². The van der Waals surface area contributed by atoms with Crippen LogP contribution in [0.3, 0.4) is 0 Å². The highest BCUT2D eigenvalue weighted by Gasteiger charge is 2.28. The minimum absolute atomic E-state index is 0.0926. The molecule has 0 bridgehead atoms. The molecule has 144 valence electrons. The number of hydrogen-bond acceptors (Lipinski definition) is 5. The first-order chi connectivity index (χ1) is 13.3. The summed E-state index contributed by atoms with van der Waals surface area (Å²) in [4.78, 5) is 41.1. The van der Waals surface area contributed by atoms with Crippen LogP contribution in [0.15, 0.2) is 53.7 Å². The van der Waals surface area contributed by atoms with Crippen molar-refractivity contribution < 1.29 is 19.2 Å². The van der Waals surface area contributed by atoms with E-state index in [1.807, 2.05) is 44.2 Å². The van der Waals surface area contributed by atoms with Gasteiger partial charge in [-0.1, -0.05) is 55.4 Å². The van der Waals surface area contributed by atoms with E-state index >= 15 is 0 Å². The molecule has 28 heavy (non-hydrogen) atoms. The number of carbonyl (C=O) groups is 3. The molecule has 1 atom stereocenters. The summed E-state index contributed by atoms with van der Waals surface area (Å²) in [5.41, 5.74) is 2.99. The van der Waals surface area contributed by atoms with Gasteiger partial charge in [-0.05, 0) is 30.0 Å². The van der Waals surface area contributed by atoms with Gasteiger partial charge < -0.3 is 10.2 Å². The van der Waals surface area contributed by atoms with Crippen molar-refractivity contribution in [1.82, 2.24) is 0 Å². The first kappa shape index (κ1) is 19.5. The van der Waals surface area contributed by atoms with E-state index in [1.165, 1.54) is 0 Å². The lowest BCUT2D eigenvalue weighted by atomic mass is 9.80. The number of rotatable bonds is 6. The molecule has 1 N–H and O–H groups in total. The van der Waals surface area contributed by atoms with E-state index < -0.39 is 23.2 Å². The second kappa shape index (κ2) is 7.76. The van der Waals surface area contributed by atoms with Crippen LogP contribution >= 0.6 is 0 Å². The number of amides is 1. The van der Waals surface area contributed by atoms with Gasteiger partial charge in [0.25, 0.3) is 5.91 Å². The fraction of sp³-hybridized carbons (Fsp3) is 0.273. The number of nitrogens with zero attached hydrogens (tertiary/aromatic N) is 1. The van der Waals surface area contributed by atoms with E-state index in [2.05, 4.69) is 10.5 Å². The van der Waals surface area contributed by atoms with Crippen molar-refractivity contribution in [1.29, 1.82) is 0 Å². The van der Waals surface area contributed by atoms with Crippen molar-refractivity contribution in [2.75, 3.05) is 5.32 Å². The molecule has 6 heteroatoms. The lowest BCUT2D eigenvalue weighted by Crippen LogP contribution is -2.30. The zero-order valence-corrected chi connectivity index (χ0v) is 16.1. The summed E-state index contributed by atoms with van der Waals surface area (Å²) in [6, 6.07) is 14.7. The number of oxime groups is 1. The minimum Gasteiger partial charge on any atom is -0.380 e. The number of hydrogen-bond donors (Lipinski definition) is 1. The fourth-order valence-corrected chi connectivity index (χ4v) is 3.21. The topological polar surface area (TPSA) is 84.8 Å². The smallest absolute Gasteiger partial charge is 0.291 e. The Bertz CT molecular complexity index is 948.